The highest BCUT2D eigenvalue weighted by Crippen LogP contribution is 2.31. The Hall–Kier alpha value is -2.90. The molecule has 0 bridgehead atoms. The standard InChI is InChI=1S/C25H33N5O2/c1-4-32-23(18-9-6-5-7-10-18)24-29-21-15-19(28-25(31)27-17(2)3)12-13-22(21)30(24)16-20-11-8-14-26-20/h5-7,9-10,12-13,15,17,20,23,26H,4,8,11,14,16H2,1-3H3,(H2,27,28,31). The van der Waals surface area contributed by atoms with Gasteiger partial charge in [-0.2, -0.15) is 0 Å². The minimum atomic E-state index is -0.254. The molecular formula is C25H33N5O2. The third kappa shape index (κ3) is 5.11. The second kappa shape index (κ2) is 10.1. The molecule has 0 saturated carbocycles. The first-order valence-electron chi connectivity index (χ1n) is 11.5. The second-order valence-corrected chi connectivity index (χ2v) is 8.58. The molecule has 0 aliphatic carbocycles. The second-order valence-electron chi connectivity index (χ2n) is 8.58. The van der Waals surface area contributed by atoms with Crippen molar-refractivity contribution in [3.63, 3.8) is 0 Å². The lowest BCUT2D eigenvalue weighted by Gasteiger charge is -2.21. The van der Waals surface area contributed by atoms with Crippen LogP contribution < -0.4 is 16.0 Å². The third-order valence-electron chi connectivity index (χ3n) is 5.69. The molecule has 1 aliphatic heterocycles. The van der Waals surface area contributed by atoms with Crippen LogP contribution in [0.3, 0.4) is 0 Å². The third-order valence-corrected chi connectivity index (χ3v) is 5.69. The highest BCUT2D eigenvalue weighted by Gasteiger charge is 2.25. The number of amides is 2. The highest BCUT2D eigenvalue weighted by atomic mass is 16.5. The van der Waals surface area contributed by atoms with Gasteiger partial charge in [0.2, 0.25) is 0 Å². The van der Waals surface area contributed by atoms with Gasteiger partial charge in [-0.25, -0.2) is 9.78 Å². The van der Waals surface area contributed by atoms with Crippen molar-refractivity contribution < 1.29 is 9.53 Å². The fraction of sp³-hybridized carbons (Fsp3) is 0.440. The molecule has 1 aliphatic rings. The predicted octanol–water partition coefficient (Wildman–Crippen LogP) is 4.44. The summed E-state index contributed by atoms with van der Waals surface area (Å²) in [6, 6.07) is 16.4. The number of carbonyl (C=O) groups is 1. The van der Waals surface area contributed by atoms with Crippen molar-refractivity contribution in [2.24, 2.45) is 0 Å². The van der Waals surface area contributed by atoms with E-state index in [4.69, 9.17) is 9.72 Å². The van der Waals surface area contributed by atoms with Crippen LogP contribution in [-0.2, 0) is 11.3 Å². The normalized spacial score (nSPS) is 17.1. The maximum atomic E-state index is 12.2. The molecule has 1 fully saturated rings. The number of rotatable bonds is 8. The summed E-state index contributed by atoms with van der Waals surface area (Å²) >= 11 is 0. The summed E-state index contributed by atoms with van der Waals surface area (Å²) in [5.74, 6) is 0.894. The van der Waals surface area contributed by atoms with Crippen LogP contribution in [0.25, 0.3) is 11.0 Å². The molecule has 1 aromatic heterocycles. The van der Waals surface area contributed by atoms with Gasteiger partial charge in [0.15, 0.2) is 0 Å². The Balaban J connectivity index is 1.74. The van der Waals surface area contributed by atoms with Crippen molar-refractivity contribution in [2.45, 2.75) is 58.3 Å². The molecular weight excluding hydrogens is 402 g/mol. The topological polar surface area (TPSA) is 80.2 Å². The number of fused-ring (bicyclic) bond motifs is 1. The van der Waals surface area contributed by atoms with E-state index in [1.165, 1.54) is 6.42 Å². The van der Waals surface area contributed by atoms with Gasteiger partial charge in [-0.3, -0.25) is 0 Å². The van der Waals surface area contributed by atoms with Crippen molar-refractivity contribution >= 4 is 22.8 Å². The van der Waals surface area contributed by atoms with Crippen molar-refractivity contribution in [3.8, 4) is 0 Å². The molecule has 2 unspecified atom stereocenters. The van der Waals surface area contributed by atoms with E-state index >= 15 is 0 Å². The molecule has 0 spiro atoms. The molecule has 1 saturated heterocycles. The average molecular weight is 436 g/mol. The fourth-order valence-corrected chi connectivity index (χ4v) is 4.29. The van der Waals surface area contributed by atoms with Gasteiger partial charge in [0.05, 0.1) is 11.0 Å². The molecule has 2 aromatic carbocycles. The molecule has 170 valence electrons. The van der Waals surface area contributed by atoms with Gasteiger partial charge in [-0.1, -0.05) is 30.3 Å². The molecule has 7 heteroatoms. The number of imidazole rings is 1. The van der Waals surface area contributed by atoms with Crippen LogP contribution in [0.1, 0.15) is 51.1 Å². The van der Waals surface area contributed by atoms with Crippen molar-refractivity contribution in [1.29, 1.82) is 0 Å². The number of nitrogens with zero attached hydrogens (tertiary/aromatic N) is 2. The van der Waals surface area contributed by atoms with Crippen molar-refractivity contribution in [3.05, 3.63) is 59.9 Å². The summed E-state index contributed by atoms with van der Waals surface area (Å²) in [7, 11) is 0. The summed E-state index contributed by atoms with van der Waals surface area (Å²) in [6.45, 7) is 8.36. The van der Waals surface area contributed by atoms with E-state index in [9.17, 15) is 4.79 Å². The first-order chi connectivity index (χ1) is 15.5. The van der Waals surface area contributed by atoms with Gasteiger partial charge in [0.25, 0.3) is 0 Å². The number of carbonyl (C=O) groups excluding carboxylic acids is 1. The summed E-state index contributed by atoms with van der Waals surface area (Å²) in [6.07, 6.45) is 2.09. The van der Waals surface area contributed by atoms with E-state index in [0.717, 1.165) is 47.6 Å². The molecule has 3 N–H and O–H groups in total. The Morgan fingerprint density at radius 2 is 2.06 bits per heavy atom. The number of anilines is 1. The van der Waals surface area contributed by atoms with Gasteiger partial charge >= 0.3 is 6.03 Å². The lowest BCUT2D eigenvalue weighted by molar-refractivity contribution is 0.0825. The minimum Gasteiger partial charge on any atom is -0.366 e. The summed E-state index contributed by atoms with van der Waals surface area (Å²) < 4.78 is 8.49. The zero-order chi connectivity index (χ0) is 22.5. The quantitative estimate of drug-likeness (QED) is 0.489. The van der Waals surface area contributed by atoms with E-state index in [1.807, 2.05) is 57.2 Å². The van der Waals surface area contributed by atoms with E-state index < -0.39 is 0 Å². The van der Waals surface area contributed by atoms with E-state index in [1.54, 1.807) is 0 Å². The molecule has 0 radical (unpaired) electrons. The first kappa shape index (κ1) is 22.3. The average Bonchev–Trinajstić information content (AvgIpc) is 3.40. The SMILES string of the molecule is CCOC(c1ccccc1)c1nc2cc(NC(=O)NC(C)C)ccc2n1CC1CCCN1. The molecule has 2 atom stereocenters. The van der Waals surface area contributed by atoms with Crippen LogP contribution in [-0.4, -0.2) is 40.8 Å². The fourth-order valence-electron chi connectivity index (χ4n) is 4.29. The number of aromatic nitrogens is 2. The Bertz CT molecular complexity index is 1040. The van der Waals surface area contributed by atoms with Crippen LogP contribution in [0.2, 0.25) is 0 Å². The zero-order valence-corrected chi connectivity index (χ0v) is 19.1. The van der Waals surface area contributed by atoms with E-state index in [2.05, 4.69) is 32.7 Å². The molecule has 7 nitrogen and oxygen atoms in total. The van der Waals surface area contributed by atoms with Crippen LogP contribution in [0.5, 0.6) is 0 Å². The lowest BCUT2D eigenvalue weighted by atomic mass is 10.1. The summed E-state index contributed by atoms with van der Waals surface area (Å²) in [4.78, 5) is 17.2. The van der Waals surface area contributed by atoms with Gasteiger partial charge in [0.1, 0.15) is 11.9 Å². The number of ether oxygens (including phenoxy) is 1. The Morgan fingerprint density at radius 1 is 1.25 bits per heavy atom. The summed E-state index contributed by atoms with van der Waals surface area (Å²) in [5, 5.41) is 9.37. The Labute approximate surface area is 189 Å². The number of hydrogen-bond acceptors (Lipinski definition) is 4. The van der Waals surface area contributed by atoms with E-state index in [0.29, 0.717) is 12.6 Å². The number of hydrogen-bond donors (Lipinski definition) is 3. The Kier molecular flexibility index (Phi) is 7.07. The molecule has 3 aromatic rings. The van der Waals surface area contributed by atoms with Gasteiger partial charge in [0, 0.05) is 30.9 Å². The highest BCUT2D eigenvalue weighted by molar-refractivity contribution is 5.92. The maximum Gasteiger partial charge on any atom is 0.319 e. The monoisotopic (exact) mass is 435 g/mol. The van der Waals surface area contributed by atoms with Gasteiger partial charge in [-0.15, -0.1) is 0 Å². The molecule has 2 heterocycles. The van der Waals surface area contributed by atoms with E-state index in [-0.39, 0.29) is 18.2 Å². The van der Waals surface area contributed by atoms with Crippen LogP contribution in [0, 0.1) is 0 Å². The van der Waals surface area contributed by atoms with Crippen molar-refractivity contribution in [1.82, 2.24) is 20.2 Å². The molecule has 4 rings (SSSR count). The lowest BCUT2D eigenvalue weighted by Crippen LogP contribution is -2.34. The van der Waals surface area contributed by atoms with Gasteiger partial charge in [-0.05, 0) is 63.9 Å². The van der Waals surface area contributed by atoms with Crippen LogP contribution in [0.4, 0.5) is 10.5 Å². The van der Waals surface area contributed by atoms with Crippen LogP contribution in [0.15, 0.2) is 48.5 Å². The number of benzene rings is 2. The number of nitrogens with one attached hydrogen (secondary N) is 3. The molecule has 32 heavy (non-hydrogen) atoms. The Morgan fingerprint density at radius 3 is 2.75 bits per heavy atom. The number of urea groups is 1. The first-order valence-corrected chi connectivity index (χ1v) is 11.5. The zero-order valence-electron chi connectivity index (χ0n) is 19.1. The van der Waals surface area contributed by atoms with Gasteiger partial charge < -0.3 is 25.3 Å². The minimum absolute atomic E-state index is 0.0706. The predicted molar refractivity (Wildman–Crippen MR) is 128 cm³/mol. The maximum absolute atomic E-state index is 12.2. The summed E-state index contributed by atoms with van der Waals surface area (Å²) in [5.41, 5.74) is 3.70. The van der Waals surface area contributed by atoms with Crippen molar-refractivity contribution in [2.75, 3.05) is 18.5 Å². The van der Waals surface area contributed by atoms with Crippen LogP contribution >= 0.6 is 0 Å². The largest absolute Gasteiger partial charge is 0.366 e. The molecule has 2 amide bonds. The smallest absolute Gasteiger partial charge is 0.319 e.